The van der Waals surface area contributed by atoms with Gasteiger partial charge in [-0.15, -0.1) is 0 Å². The van der Waals surface area contributed by atoms with Crippen molar-refractivity contribution in [2.24, 2.45) is 14.1 Å². The quantitative estimate of drug-likeness (QED) is 0.453. The Hall–Kier alpha value is -3.55. The van der Waals surface area contributed by atoms with E-state index in [9.17, 15) is 18.0 Å². The lowest BCUT2D eigenvalue weighted by atomic mass is 9.98. The molecule has 5 nitrogen and oxygen atoms in total. The average Bonchev–Trinajstić information content (AvgIpc) is 3.29. The highest BCUT2D eigenvalue weighted by molar-refractivity contribution is 6.06. The Bertz CT molecular complexity index is 1330. The second kappa shape index (κ2) is 7.01. The van der Waals surface area contributed by atoms with Crippen molar-refractivity contribution in [3.63, 3.8) is 0 Å². The van der Waals surface area contributed by atoms with Crippen LogP contribution in [0.4, 0.5) is 13.2 Å². The fraction of sp³-hybridized carbons (Fsp3) is 0.217. The van der Waals surface area contributed by atoms with Gasteiger partial charge in [0.15, 0.2) is 17.5 Å². The van der Waals surface area contributed by atoms with Gasteiger partial charge < -0.3 is 9.47 Å². The van der Waals surface area contributed by atoms with Crippen LogP contribution in [-0.2, 0) is 27.1 Å². The zero-order valence-corrected chi connectivity index (χ0v) is 17.0. The van der Waals surface area contributed by atoms with Gasteiger partial charge in [0.25, 0.3) is 5.91 Å². The molecule has 0 saturated carbocycles. The van der Waals surface area contributed by atoms with Gasteiger partial charge in [-0.25, -0.2) is 13.2 Å². The van der Waals surface area contributed by atoms with Gasteiger partial charge in [0.05, 0.1) is 17.9 Å². The smallest absolute Gasteiger partial charge is 0.254 e. The first-order chi connectivity index (χ1) is 14.8. The molecule has 2 aromatic carbocycles. The van der Waals surface area contributed by atoms with E-state index in [-0.39, 0.29) is 18.0 Å². The minimum absolute atomic E-state index is 0.0893. The Morgan fingerprint density at radius 3 is 2.55 bits per heavy atom. The maximum absolute atomic E-state index is 13.8. The molecular weight excluding hydrogens is 405 g/mol. The van der Waals surface area contributed by atoms with Gasteiger partial charge in [-0.2, -0.15) is 5.10 Å². The molecule has 0 aliphatic carbocycles. The van der Waals surface area contributed by atoms with Crippen molar-refractivity contribution in [2.75, 3.05) is 6.54 Å². The van der Waals surface area contributed by atoms with Crippen LogP contribution in [0.3, 0.4) is 0 Å². The minimum Gasteiger partial charge on any atom is -0.351 e. The third-order valence-corrected chi connectivity index (χ3v) is 5.90. The third kappa shape index (κ3) is 3.01. The van der Waals surface area contributed by atoms with E-state index in [1.54, 1.807) is 11.9 Å². The SMILES string of the molecule is Cn1nc2c(c1-c1cc(F)c(F)c(F)c1)CCN(C(=O)c1cccc3c1ccn3C)C2. The van der Waals surface area contributed by atoms with Crippen LogP contribution in [0.15, 0.2) is 42.6 Å². The molecule has 1 amide bonds. The van der Waals surface area contributed by atoms with Crippen LogP contribution in [0.2, 0.25) is 0 Å². The summed E-state index contributed by atoms with van der Waals surface area (Å²) in [6.45, 7) is 0.733. The largest absolute Gasteiger partial charge is 0.351 e. The van der Waals surface area contributed by atoms with Crippen LogP contribution < -0.4 is 0 Å². The number of halogens is 3. The molecule has 0 radical (unpaired) electrons. The monoisotopic (exact) mass is 424 g/mol. The number of carbonyl (C=O) groups is 1. The number of aryl methyl sites for hydroxylation is 2. The molecule has 0 fully saturated rings. The first kappa shape index (κ1) is 19.4. The molecule has 2 aromatic heterocycles. The zero-order chi connectivity index (χ0) is 21.9. The van der Waals surface area contributed by atoms with Gasteiger partial charge >= 0.3 is 0 Å². The van der Waals surface area contributed by atoms with Crippen LogP contribution in [0.5, 0.6) is 0 Å². The van der Waals surface area contributed by atoms with Crippen LogP contribution in [-0.4, -0.2) is 31.7 Å². The molecule has 0 N–H and O–H groups in total. The van der Waals surface area contributed by atoms with Crippen molar-refractivity contribution in [2.45, 2.75) is 13.0 Å². The van der Waals surface area contributed by atoms with Gasteiger partial charge in [-0.3, -0.25) is 9.48 Å². The Balaban J connectivity index is 1.49. The number of benzene rings is 2. The second-order valence-corrected chi connectivity index (χ2v) is 7.79. The van der Waals surface area contributed by atoms with E-state index in [1.165, 1.54) is 4.68 Å². The average molecular weight is 424 g/mol. The number of amides is 1. The summed E-state index contributed by atoms with van der Waals surface area (Å²) in [6, 6.07) is 9.52. The molecule has 4 aromatic rings. The van der Waals surface area contributed by atoms with E-state index in [4.69, 9.17) is 0 Å². The van der Waals surface area contributed by atoms with Crippen LogP contribution in [0.1, 0.15) is 21.6 Å². The van der Waals surface area contributed by atoms with Crippen LogP contribution >= 0.6 is 0 Å². The molecule has 3 heterocycles. The summed E-state index contributed by atoms with van der Waals surface area (Å²) in [7, 11) is 3.60. The zero-order valence-electron chi connectivity index (χ0n) is 17.0. The molecular formula is C23H19F3N4O. The number of carbonyl (C=O) groups excluding carboxylic acids is 1. The van der Waals surface area contributed by atoms with E-state index >= 15 is 0 Å². The number of fused-ring (bicyclic) bond motifs is 2. The van der Waals surface area contributed by atoms with Crippen molar-refractivity contribution in [1.29, 1.82) is 0 Å². The topological polar surface area (TPSA) is 43.1 Å². The fourth-order valence-electron chi connectivity index (χ4n) is 4.41. The van der Waals surface area contributed by atoms with Crippen molar-refractivity contribution in [3.05, 3.63) is 76.9 Å². The summed E-state index contributed by atoms with van der Waals surface area (Å²) < 4.78 is 44.4. The summed E-state index contributed by atoms with van der Waals surface area (Å²) in [5.74, 6) is -4.07. The molecule has 0 saturated heterocycles. The van der Waals surface area contributed by atoms with Gasteiger partial charge in [-0.1, -0.05) is 6.07 Å². The van der Waals surface area contributed by atoms with Gasteiger partial charge in [0, 0.05) is 54.4 Å². The summed E-state index contributed by atoms with van der Waals surface area (Å²) in [5.41, 5.74) is 3.84. The van der Waals surface area contributed by atoms with Crippen molar-refractivity contribution in [1.82, 2.24) is 19.2 Å². The normalized spacial score (nSPS) is 13.6. The van der Waals surface area contributed by atoms with Gasteiger partial charge in [-0.05, 0) is 36.8 Å². The van der Waals surface area contributed by atoms with Crippen molar-refractivity contribution >= 4 is 16.8 Å². The van der Waals surface area contributed by atoms with E-state index < -0.39 is 17.5 Å². The van der Waals surface area contributed by atoms with Gasteiger partial charge in [0.1, 0.15) is 0 Å². The van der Waals surface area contributed by atoms with Crippen LogP contribution in [0.25, 0.3) is 22.2 Å². The Kier molecular flexibility index (Phi) is 4.39. The number of hydrogen-bond donors (Lipinski definition) is 0. The molecule has 0 unspecified atom stereocenters. The predicted molar refractivity (Wildman–Crippen MR) is 110 cm³/mol. The second-order valence-electron chi connectivity index (χ2n) is 7.79. The highest BCUT2D eigenvalue weighted by atomic mass is 19.2. The molecule has 1 aliphatic rings. The third-order valence-electron chi connectivity index (χ3n) is 5.90. The fourth-order valence-corrected chi connectivity index (χ4v) is 4.41. The van der Waals surface area contributed by atoms with E-state index in [0.29, 0.717) is 29.9 Å². The first-order valence-corrected chi connectivity index (χ1v) is 9.88. The molecule has 5 rings (SSSR count). The van der Waals surface area contributed by atoms with E-state index in [1.807, 2.05) is 42.1 Å². The molecule has 8 heteroatoms. The van der Waals surface area contributed by atoms with Crippen molar-refractivity contribution < 1.29 is 18.0 Å². The summed E-state index contributed by atoms with van der Waals surface area (Å²) in [4.78, 5) is 15.0. The molecule has 158 valence electrons. The lowest BCUT2D eigenvalue weighted by molar-refractivity contribution is 0.0734. The Morgan fingerprint density at radius 2 is 1.81 bits per heavy atom. The number of rotatable bonds is 2. The molecule has 1 aliphatic heterocycles. The maximum atomic E-state index is 13.8. The Labute approximate surface area is 176 Å². The van der Waals surface area contributed by atoms with Crippen molar-refractivity contribution in [3.8, 4) is 11.3 Å². The molecule has 0 bridgehead atoms. The predicted octanol–water partition coefficient (Wildman–Crippen LogP) is 4.19. The highest BCUT2D eigenvalue weighted by Crippen LogP contribution is 2.32. The first-order valence-electron chi connectivity index (χ1n) is 9.88. The summed E-state index contributed by atoms with van der Waals surface area (Å²) in [5, 5.41) is 5.37. The Morgan fingerprint density at radius 1 is 1.06 bits per heavy atom. The highest BCUT2D eigenvalue weighted by Gasteiger charge is 2.29. The summed E-state index contributed by atoms with van der Waals surface area (Å²) in [6.07, 6.45) is 2.40. The lowest BCUT2D eigenvalue weighted by Crippen LogP contribution is -2.36. The maximum Gasteiger partial charge on any atom is 0.254 e. The molecule has 0 atom stereocenters. The minimum atomic E-state index is -1.49. The van der Waals surface area contributed by atoms with Gasteiger partial charge in [0.2, 0.25) is 0 Å². The summed E-state index contributed by atoms with van der Waals surface area (Å²) >= 11 is 0. The number of hydrogen-bond acceptors (Lipinski definition) is 2. The standard InChI is InChI=1S/C23H19F3N4O/c1-28-8-6-14-15(4-3-5-20(14)28)23(31)30-9-7-16-19(12-30)27-29(2)22(16)13-10-17(24)21(26)18(25)11-13/h3-6,8,10-11H,7,9,12H2,1-2H3. The lowest BCUT2D eigenvalue weighted by Gasteiger charge is -2.27. The molecule has 31 heavy (non-hydrogen) atoms. The molecule has 0 spiro atoms. The van der Waals surface area contributed by atoms with E-state index in [0.717, 1.165) is 28.6 Å². The number of nitrogens with zero attached hydrogens (tertiary/aromatic N) is 4. The van der Waals surface area contributed by atoms with E-state index in [2.05, 4.69) is 5.10 Å². The van der Waals surface area contributed by atoms with Crippen LogP contribution in [0, 0.1) is 17.5 Å². The number of aromatic nitrogens is 3.